The van der Waals surface area contributed by atoms with Crippen molar-refractivity contribution in [3.63, 3.8) is 0 Å². The van der Waals surface area contributed by atoms with Crippen LogP contribution in [-0.4, -0.2) is 10.8 Å². The lowest BCUT2D eigenvalue weighted by Crippen LogP contribution is -2.10. The second kappa shape index (κ2) is 5.09. The van der Waals surface area contributed by atoms with Gasteiger partial charge in [0, 0.05) is 23.9 Å². The van der Waals surface area contributed by atoms with Crippen LogP contribution in [0.2, 0.25) is 0 Å². The van der Waals surface area contributed by atoms with Crippen molar-refractivity contribution in [2.75, 3.05) is 0 Å². The summed E-state index contributed by atoms with van der Waals surface area (Å²) in [4.78, 5) is 16.2. The Hall–Kier alpha value is -1.70. The minimum atomic E-state index is 0.106. The molecule has 2 rings (SSSR count). The summed E-state index contributed by atoms with van der Waals surface area (Å²) in [5.41, 5.74) is 3.29. The Bertz CT molecular complexity index is 471. The van der Waals surface area contributed by atoms with Crippen molar-refractivity contribution in [3.8, 4) is 0 Å². The van der Waals surface area contributed by atoms with Crippen LogP contribution in [0.4, 0.5) is 0 Å². The van der Waals surface area contributed by atoms with Crippen LogP contribution >= 0.6 is 0 Å². The molecule has 1 saturated carbocycles. The first-order valence-electron chi connectivity index (χ1n) is 6.01. The summed E-state index contributed by atoms with van der Waals surface area (Å²) in [6.07, 6.45) is 9.24. The molecule has 0 aliphatic heterocycles. The zero-order valence-corrected chi connectivity index (χ0v) is 10.3. The molecule has 1 unspecified atom stereocenters. The highest BCUT2D eigenvalue weighted by atomic mass is 16.1. The highest BCUT2D eigenvalue weighted by Crippen LogP contribution is 2.34. The zero-order chi connectivity index (χ0) is 12.3. The summed E-state index contributed by atoms with van der Waals surface area (Å²) in [7, 11) is 0. The van der Waals surface area contributed by atoms with Crippen molar-refractivity contribution in [1.82, 2.24) is 4.98 Å². The number of hydrogen-bond acceptors (Lipinski definition) is 2. The molecule has 0 N–H and O–H groups in total. The Labute approximate surface area is 102 Å². The highest BCUT2D eigenvalue weighted by Gasteiger charge is 2.31. The molecule has 1 fully saturated rings. The molecule has 0 radical (unpaired) electrons. The van der Waals surface area contributed by atoms with Gasteiger partial charge in [-0.15, -0.1) is 0 Å². The number of hydrogen-bond donors (Lipinski definition) is 0. The van der Waals surface area contributed by atoms with Crippen LogP contribution < -0.4 is 0 Å². The van der Waals surface area contributed by atoms with Gasteiger partial charge in [-0.05, 0) is 50.0 Å². The van der Waals surface area contributed by atoms with Crippen LogP contribution in [-0.2, 0) is 11.2 Å². The quantitative estimate of drug-likeness (QED) is 0.727. The van der Waals surface area contributed by atoms with Crippen LogP contribution in [0.3, 0.4) is 0 Å². The Morgan fingerprint density at radius 3 is 2.53 bits per heavy atom. The van der Waals surface area contributed by atoms with Crippen molar-refractivity contribution in [1.29, 1.82) is 0 Å². The van der Waals surface area contributed by atoms with Crippen LogP contribution in [0, 0.1) is 5.92 Å². The van der Waals surface area contributed by atoms with Crippen molar-refractivity contribution in [3.05, 3.63) is 53.4 Å². The number of aromatic nitrogens is 1. The van der Waals surface area contributed by atoms with Crippen LogP contribution in [0.1, 0.15) is 25.8 Å². The van der Waals surface area contributed by atoms with Gasteiger partial charge in [0.2, 0.25) is 0 Å². The van der Waals surface area contributed by atoms with Crippen molar-refractivity contribution >= 4 is 5.78 Å². The van der Waals surface area contributed by atoms with E-state index in [0.717, 1.165) is 18.4 Å². The van der Waals surface area contributed by atoms with E-state index >= 15 is 0 Å². The monoisotopic (exact) mass is 227 g/mol. The van der Waals surface area contributed by atoms with E-state index in [4.69, 9.17) is 0 Å². The van der Waals surface area contributed by atoms with Gasteiger partial charge in [0.15, 0.2) is 5.78 Å². The number of rotatable bonds is 2. The van der Waals surface area contributed by atoms with Crippen molar-refractivity contribution in [2.24, 2.45) is 5.92 Å². The summed E-state index contributed by atoms with van der Waals surface area (Å²) in [5.74, 6) is 0.396. The Morgan fingerprint density at radius 1 is 1.29 bits per heavy atom. The smallest absolute Gasteiger partial charge is 0.166 e. The van der Waals surface area contributed by atoms with Crippen molar-refractivity contribution < 1.29 is 4.79 Å². The molecule has 1 aromatic rings. The Morgan fingerprint density at radius 2 is 2.00 bits per heavy atom. The molecule has 1 atom stereocenters. The number of ketones is 1. The molecule has 1 aliphatic carbocycles. The van der Waals surface area contributed by atoms with Crippen molar-refractivity contribution in [2.45, 2.75) is 26.7 Å². The molecule has 2 nitrogen and oxygen atoms in total. The molecular formula is C15H17NO. The standard InChI is InChI=1S/C15H17NO/c1-3-12-10-13(15(17)14(12)4-2)9-11-5-7-16-8-6-11/h3-8,13H,9-10H2,1-2H3/b12-3-,14-4+. The van der Waals surface area contributed by atoms with Crippen LogP contribution in [0.25, 0.3) is 0 Å². The maximum absolute atomic E-state index is 12.2. The summed E-state index contributed by atoms with van der Waals surface area (Å²) in [6.45, 7) is 3.94. The summed E-state index contributed by atoms with van der Waals surface area (Å²) in [6, 6.07) is 3.96. The summed E-state index contributed by atoms with van der Waals surface area (Å²) >= 11 is 0. The van der Waals surface area contributed by atoms with Gasteiger partial charge in [-0.25, -0.2) is 0 Å². The molecular weight excluding hydrogens is 210 g/mol. The molecule has 0 bridgehead atoms. The molecule has 17 heavy (non-hydrogen) atoms. The number of allylic oxidation sites excluding steroid dienone is 4. The van der Waals surface area contributed by atoms with E-state index in [2.05, 4.69) is 11.1 Å². The van der Waals surface area contributed by atoms with E-state index in [-0.39, 0.29) is 11.7 Å². The predicted molar refractivity (Wildman–Crippen MR) is 68.6 cm³/mol. The third-order valence-electron chi connectivity index (χ3n) is 3.32. The predicted octanol–water partition coefficient (Wildman–Crippen LogP) is 3.11. The van der Waals surface area contributed by atoms with Gasteiger partial charge >= 0.3 is 0 Å². The van der Waals surface area contributed by atoms with E-state index in [1.54, 1.807) is 12.4 Å². The first kappa shape index (κ1) is 11.8. The topological polar surface area (TPSA) is 30.0 Å². The van der Waals surface area contributed by atoms with E-state index < -0.39 is 0 Å². The summed E-state index contributed by atoms with van der Waals surface area (Å²) in [5, 5.41) is 0. The lowest BCUT2D eigenvalue weighted by molar-refractivity contribution is -0.117. The third kappa shape index (κ3) is 2.36. The number of pyridine rings is 1. The lowest BCUT2D eigenvalue weighted by Gasteiger charge is -2.06. The van der Waals surface area contributed by atoms with E-state index in [1.165, 1.54) is 11.1 Å². The van der Waals surface area contributed by atoms with E-state index in [9.17, 15) is 4.79 Å². The maximum Gasteiger partial charge on any atom is 0.166 e. The largest absolute Gasteiger partial charge is 0.294 e. The zero-order valence-electron chi connectivity index (χ0n) is 10.3. The average molecular weight is 227 g/mol. The first-order valence-corrected chi connectivity index (χ1v) is 6.01. The number of carbonyl (C=O) groups excluding carboxylic acids is 1. The van der Waals surface area contributed by atoms with E-state index in [0.29, 0.717) is 0 Å². The number of nitrogens with zero attached hydrogens (tertiary/aromatic N) is 1. The molecule has 1 aromatic heterocycles. The summed E-state index contributed by atoms with van der Waals surface area (Å²) < 4.78 is 0. The fraction of sp³-hybridized carbons (Fsp3) is 0.333. The van der Waals surface area contributed by atoms with Gasteiger partial charge in [-0.3, -0.25) is 9.78 Å². The fourth-order valence-corrected chi connectivity index (χ4v) is 2.42. The SMILES string of the molecule is C/C=C1/CC(Cc2ccncc2)C(=O)/C1=C/C. The molecule has 0 saturated heterocycles. The molecule has 0 aromatic carbocycles. The molecule has 1 aliphatic rings. The highest BCUT2D eigenvalue weighted by molar-refractivity contribution is 6.04. The molecule has 2 heteroatoms. The van der Waals surface area contributed by atoms with Gasteiger partial charge < -0.3 is 0 Å². The van der Waals surface area contributed by atoms with Crippen LogP contribution in [0.15, 0.2) is 47.8 Å². The minimum absolute atomic E-state index is 0.106. The second-order valence-electron chi connectivity index (χ2n) is 4.34. The molecule has 1 heterocycles. The fourth-order valence-electron chi connectivity index (χ4n) is 2.42. The minimum Gasteiger partial charge on any atom is -0.294 e. The Kier molecular flexibility index (Phi) is 3.52. The third-order valence-corrected chi connectivity index (χ3v) is 3.32. The Balaban J connectivity index is 2.18. The molecule has 0 amide bonds. The maximum atomic E-state index is 12.2. The lowest BCUT2D eigenvalue weighted by atomic mass is 9.97. The van der Waals surface area contributed by atoms with Gasteiger partial charge in [0.05, 0.1) is 0 Å². The average Bonchev–Trinajstić information content (AvgIpc) is 2.67. The van der Waals surface area contributed by atoms with Gasteiger partial charge in [-0.1, -0.05) is 12.2 Å². The van der Waals surface area contributed by atoms with Gasteiger partial charge in [-0.2, -0.15) is 0 Å². The normalized spacial score (nSPS) is 24.8. The first-order chi connectivity index (χ1) is 8.26. The van der Waals surface area contributed by atoms with E-state index in [1.807, 2.05) is 32.1 Å². The number of carbonyl (C=O) groups is 1. The van der Waals surface area contributed by atoms with Gasteiger partial charge in [0.25, 0.3) is 0 Å². The van der Waals surface area contributed by atoms with Gasteiger partial charge in [0.1, 0.15) is 0 Å². The molecule has 88 valence electrons. The molecule has 0 spiro atoms. The second-order valence-corrected chi connectivity index (χ2v) is 4.34. The number of Topliss-reactive ketones (excluding diaryl/α,β-unsaturated/α-hetero) is 1. The van der Waals surface area contributed by atoms with Crippen LogP contribution in [0.5, 0.6) is 0 Å².